The first-order valence-corrected chi connectivity index (χ1v) is 14.2. The van der Waals surface area contributed by atoms with Gasteiger partial charge < -0.3 is 14.5 Å². The zero-order valence-electron chi connectivity index (χ0n) is 22.4. The van der Waals surface area contributed by atoms with Crippen molar-refractivity contribution in [1.29, 1.82) is 0 Å². The van der Waals surface area contributed by atoms with Crippen LogP contribution in [-0.4, -0.2) is 72.5 Å². The fourth-order valence-electron chi connectivity index (χ4n) is 3.72. The molecule has 0 spiro atoms. The molecule has 3 aromatic rings. The van der Waals surface area contributed by atoms with Gasteiger partial charge in [0.1, 0.15) is 5.60 Å². The SMILES string of the molecule is CN(C)C=O.Cc1ccc(S(=O)(=O)n2c(C3=CCN(C(=O)OC(C)(C)C)CC3)cc3c(Br)ccnc32)cc1. The Bertz CT molecular complexity index is 1460. The number of fused-ring (bicyclic) bond motifs is 1. The molecule has 0 saturated carbocycles. The fraction of sp³-hybridized carbons (Fsp3) is 0.370. The third kappa shape index (κ3) is 6.82. The molecule has 0 atom stereocenters. The molecule has 0 N–H and O–H groups in total. The quantitative estimate of drug-likeness (QED) is 0.385. The van der Waals surface area contributed by atoms with Crippen molar-refractivity contribution in [3.63, 3.8) is 0 Å². The van der Waals surface area contributed by atoms with Gasteiger partial charge in [0.05, 0.1) is 10.6 Å². The van der Waals surface area contributed by atoms with Crippen LogP contribution < -0.4 is 0 Å². The van der Waals surface area contributed by atoms with Crippen molar-refractivity contribution in [2.75, 3.05) is 27.2 Å². The first-order chi connectivity index (χ1) is 17.7. The third-order valence-corrected chi connectivity index (χ3v) is 7.98. The van der Waals surface area contributed by atoms with E-state index in [1.807, 2.05) is 39.8 Å². The first kappa shape index (κ1) is 29.4. The highest BCUT2D eigenvalue weighted by Gasteiger charge is 2.29. The Kier molecular flexibility index (Phi) is 9.04. The summed E-state index contributed by atoms with van der Waals surface area (Å²) in [6.07, 6.45) is 4.33. The molecule has 38 heavy (non-hydrogen) atoms. The van der Waals surface area contributed by atoms with Crippen LogP contribution in [0.3, 0.4) is 0 Å². The third-order valence-electron chi connectivity index (χ3n) is 5.57. The van der Waals surface area contributed by atoms with E-state index in [1.165, 1.54) is 8.87 Å². The van der Waals surface area contributed by atoms with Gasteiger partial charge >= 0.3 is 6.09 Å². The van der Waals surface area contributed by atoms with Crippen LogP contribution in [0.15, 0.2) is 58.0 Å². The van der Waals surface area contributed by atoms with Crippen LogP contribution >= 0.6 is 15.9 Å². The minimum atomic E-state index is -3.90. The van der Waals surface area contributed by atoms with E-state index < -0.39 is 15.6 Å². The Morgan fingerprint density at radius 3 is 2.32 bits per heavy atom. The van der Waals surface area contributed by atoms with Gasteiger partial charge in [-0.15, -0.1) is 0 Å². The minimum absolute atomic E-state index is 0.195. The van der Waals surface area contributed by atoms with Gasteiger partial charge in [-0.05, 0) is 79.9 Å². The number of carbonyl (C=O) groups is 2. The summed E-state index contributed by atoms with van der Waals surface area (Å²) in [7, 11) is -0.527. The van der Waals surface area contributed by atoms with Crippen molar-refractivity contribution in [3.05, 3.63) is 64.4 Å². The molecule has 3 heterocycles. The van der Waals surface area contributed by atoms with Crippen molar-refractivity contribution < 1.29 is 22.7 Å². The van der Waals surface area contributed by atoms with Gasteiger partial charge in [-0.3, -0.25) is 4.79 Å². The van der Waals surface area contributed by atoms with Gasteiger partial charge in [0.15, 0.2) is 5.65 Å². The van der Waals surface area contributed by atoms with E-state index in [0.717, 1.165) is 22.0 Å². The summed E-state index contributed by atoms with van der Waals surface area (Å²) in [4.78, 5) is 29.5. The molecule has 0 radical (unpaired) electrons. The summed E-state index contributed by atoms with van der Waals surface area (Å²) in [5.74, 6) is 0. The van der Waals surface area contributed by atoms with Crippen molar-refractivity contribution in [2.24, 2.45) is 0 Å². The maximum Gasteiger partial charge on any atom is 0.410 e. The lowest BCUT2D eigenvalue weighted by Gasteiger charge is -2.29. The predicted molar refractivity (Wildman–Crippen MR) is 151 cm³/mol. The highest BCUT2D eigenvalue weighted by Crippen LogP contribution is 2.34. The number of amides is 2. The molecule has 0 unspecified atom stereocenters. The molecule has 2 amide bonds. The van der Waals surface area contributed by atoms with Gasteiger partial charge in [-0.2, -0.15) is 0 Å². The number of ether oxygens (including phenoxy) is 1. The van der Waals surface area contributed by atoms with Crippen molar-refractivity contribution in [3.8, 4) is 0 Å². The Balaban J connectivity index is 0.000000732. The second-order valence-electron chi connectivity index (χ2n) is 10.1. The first-order valence-electron chi connectivity index (χ1n) is 12.0. The molecule has 4 rings (SSSR count). The number of halogens is 1. The summed E-state index contributed by atoms with van der Waals surface area (Å²) in [5, 5.41) is 0.707. The van der Waals surface area contributed by atoms with Gasteiger partial charge in [-0.25, -0.2) is 22.2 Å². The molecule has 0 bridgehead atoms. The molecular weight excluding hydrogens is 572 g/mol. The average molecular weight is 606 g/mol. The molecule has 1 aliphatic heterocycles. The van der Waals surface area contributed by atoms with Gasteiger partial charge in [0, 0.05) is 43.2 Å². The fourth-order valence-corrected chi connectivity index (χ4v) is 5.62. The van der Waals surface area contributed by atoms with E-state index >= 15 is 0 Å². The Hall–Kier alpha value is -3.18. The Morgan fingerprint density at radius 1 is 1.16 bits per heavy atom. The number of hydrogen-bond donors (Lipinski definition) is 0. The molecule has 0 aliphatic carbocycles. The molecule has 11 heteroatoms. The summed E-state index contributed by atoms with van der Waals surface area (Å²) in [5.41, 5.74) is 2.15. The number of pyridine rings is 1. The monoisotopic (exact) mass is 604 g/mol. The maximum absolute atomic E-state index is 13.7. The molecule has 0 fully saturated rings. The van der Waals surface area contributed by atoms with Crippen molar-refractivity contribution >= 4 is 55.1 Å². The predicted octanol–water partition coefficient (Wildman–Crippen LogP) is 5.07. The van der Waals surface area contributed by atoms with Crippen LogP contribution in [-0.2, 0) is 19.6 Å². The lowest BCUT2D eigenvalue weighted by Crippen LogP contribution is -2.39. The molecule has 2 aromatic heterocycles. The summed E-state index contributed by atoms with van der Waals surface area (Å²) < 4.78 is 35.0. The number of nitrogens with zero attached hydrogens (tertiary/aromatic N) is 4. The van der Waals surface area contributed by atoms with Crippen LogP contribution in [0.4, 0.5) is 4.79 Å². The van der Waals surface area contributed by atoms with E-state index in [1.54, 1.807) is 55.5 Å². The highest BCUT2D eigenvalue weighted by atomic mass is 79.9. The number of aromatic nitrogens is 2. The van der Waals surface area contributed by atoms with Crippen molar-refractivity contribution in [2.45, 2.75) is 44.6 Å². The molecule has 1 aliphatic rings. The Labute approximate surface area is 232 Å². The smallest absolute Gasteiger partial charge is 0.410 e. The summed E-state index contributed by atoms with van der Waals surface area (Å²) >= 11 is 3.52. The number of aryl methyl sites for hydroxylation is 1. The summed E-state index contributed by atoms with van der Waals surface area (Å²) in [6, 6.07) is 10.4. The standard InChI is InChI=1S/C24H26BrN3O4S.C3H7NO/c1-16-5-7-18(8-6-16)33(30,31)28-21(15-19-20(25)9-12-26-22(19)28)17-10-13-27(14-11-17)23(29)32-24(2,3)4;1-4(2)3-5/h5-10,12,15H,11,13-14H2,1-4H3;3H,1-2H3. The largest absolute Gasteiger partial charge is 0.444 e. The van der Waals surface area contributed by atoms with E-state index in [2.05, 4.69) is 20.9 Å². The van der Waals surface area contributed by atoms with Gasteiger partial charge in [-0.1, -0.05) is 23.8 Å². The van der Waals surface area contributed by atoms with E-state index in [9.17, 15) is 18.0 Å². The molecule has 204 valence electrons. The van der Waals surface area contributed by atoms with E-state index in [4.69, 9.17) is 4.74 Å². The van der Waals surface area contributed by atoms with Crippen molar-refractivity contribution in [1.82, 2.24) is 18.8 Å². The zero-order valence-corrected chi connectivity index (χ0v) is 24.8. The normalized spacial score (nSPS) is 13.9. The molecule has 9 nitrogen and oxygen atoms in total. The lowest BCUT2D eigenvalue weighted by atomic mass is 10.1. The minimum Gasteiger partial charge on any atom is -0.444 e. The van der Waals surface area contributed by atoms with Crippen LogP contribution in [0.2, 0.25) is 0 Å². The number of benzene rings is 1. The molecule has 0 saturated heterocycles. The van der Waals surface area contributed by atoms with E-state index in [0.29, 0.717) is 36.2 Å². The maximum atomic E-state index is 13.7. The topological polar surface area (TPSA) is 102 Å². The highest BCUT2D eigenvalue weighted by molar-refractivity contribution is 9.10. The second kappa shape index (κ2) is 11.7. The van der Waals surface area contributed by atoms with Crippen LogP contribution in [0.1, 0.15) is 38.4 Å². The second-order valence-corrected chi connectivity index (χ2v) is 12.8. The van der Waals surface area contributed by atoms with Gasteiger partial charge in [0.2, 0.25) is 6.41 Å². The zero-order chi connectivity index (χ0) is 28.3. The lowest BCUT2D eigenvalue weighted by molar-refractivity contribution is -0.115. The molecular formula is C27H33BrN4O5S. The molecule has 1 aromatic carbocycles. The summed E-state index contributed by atoms with van der Waals surface area (Å²) in [6.45, 7) is 8.17. The van der Waals surface area contributed by atoms with Crippen LogP contribution in [0.25, 0.3) is 16.6 Å². The number of hydrogen-bond acceptors (Lipinski definition) is 6. The number of carbonyl (C=O) groups excluding carboxylic acids is 2. The van der Waals surface area contributed by atoms with Crippen LogP contribution in [0.5, 0.6) is 0 Å². The van der Waals surface area contributed by atoms with E-state index in [-0.39, 0.29) is 11.0 Å². The average Bonchev–Trinajstić information content (AvgIpc) is 3.25. The van der Waals surface area contributed by atoms with Crippen LogP contribution in [0, 0.1) is 6.92 Å². The number of rotatable bonds is 4. The van der Waals surface area contributed by atoms with Gasteiger partial charge in [0.25, 0.3) is 10.0 Å². The Morgan fingerprint density at radius 2 is 1.79 bits per heavy atom.